The van der Waals surface area contributed by atoms with Crippen LogP contribution in [0.1, 0.15) is 21.9 Å². The Morgan fingerprint density at radius 1 is 1.67 bits per heavy atom. The van der Waals surface area contributed by atoms with Gasteiger partial charge in [0.2, 0.25) is 0 Å². The lowest BCUT2D eigenvalue weighted by molar-refractivity contribution is -0.135. The Labute approximate surface area is 89.7 Å². The van der Waals surface area contributed by atoms with Gasteiger partial charge in [-0.15, -0.1) is 11.3 Å². The molecule has 1 aromatic rings. The van der Waals surface area contributed by atoms with Gasteiger partial charge in [-0.25, -0.2) is 9.78 Å². The molecule has 1 N–H and O–H groups in total. The predicted octanol–water partition coefficient (Wildman–Crippen LogP) is 0.756. The number of thiazole rings is 1. The van der Waals surface area contributed by atoms with Crippen molar-refractivity contribution in [2.75, 3.05) is 7.11 Å². The van der Waals surface area contributed by atoms with Crippen LogP contribution in [0, 0.1) is 11.8 Å². The SMILES string of the molecule is COC(=O)c1csc(C#CCC(=O)O)n1. The van der Waals surface area contributed by atoms with Gasteiger partial charge in [-0.05, 0) is 5.92 Å². The normalized spacial score (nSPS) is 8.87. The molecule has 78 valence electrons. The maximum Gasteiger partial charge on any atom is 0.357 e. The highest BCUT2D eigenvalue weighted by Gasteiger charge is 2.08. The molecular formula is C9H7NO4S. The number of carboxylic acids is 1. The van der Waals surface area contributed by atoms with Crippen molar-refractivity contribution in [3.8, 4) is 11.8 Å². The molecule has 0 saturated carbocycles. The zero-order valence-corrected chi connectivity index (χ0v) is 8.63. The number of methoxy groups -OCH3 is 1. The van der Waals surface area contributed by atoms with Crippen molar-refractivity contribution >= 4 is 23.3 Å². The molecule has 1 heterocycles. The van der Waals surface area contributed by atoms with E-state index < -0.39 is 11.9 Å². The Morgan fingerprint density at radius 3 is 3.00 bits per heavy atom. The third-order valence-electron chi connectivity index (χ3n) is 1.33. The molecule has 1 rings (SSSR count). The van der Waals surface area contributed by atoms with E-state index in [-0.39, 0.29) is 12.1 Å². The quantitative estimate of drug-likeness (QED) is 0.593. The van der Waals surface area contributed by atoms with E-state index in [0.717, 1.165) is 0 Å². The van der Waals surface area contributed by atoms with E-state index in [1.165, 1.54) is 23.8 Å². The Morgan fingerprint density at radius 2 is 2.40 bits per heavy atom. The fourth-order valence-electron chi connectivity index (χ4n) is 0.725. The number of rotatable bonds is 2. The summed E-state index contributed by atoms with van der Waals surface area (Å²) in [4.78, 5) is 25.0. The van der Waals surface area contributed by atoms with E-state index in [4.69, 9.17) is 5.11 Å². The van der Waals surface area contributed by atoms with Crippen molar-refractivity contribution < 1.29 is 19.4 Å². The van der Waals surface area contributed by atoms with Crippen molar-refractivity contribution in [2.24, 2.45) is 0 Å². The first-order valence-electron chi connectivity index (χ1n) is 3.88. The zero-order chi connectivity index (χ0) is 11.3. The molecule has 6 heteroatoms. The monoisotopic (exact) mass is 225 g/mol. The van der Waals surface area contributed by atoms with E-state index in [2.05, 4.69) is 21.6 Å². The number of aromatic nitrogens is 1. The second-order valence-corrected chi connectivity index (χ2v) is 3.26. The summed E-state index contributed by atoms with van der Waals surface area (Å²) in [7, 11) is 1.26. The van der Waals surface area contributed by atoms with Crippen LogP contribution in [-0.2, 0) is 9.53 Å². The van der Waals surface area contributed by atoms with E-state index in [0.29, 0.717) is 5.01 Å². The molecule has 0 bridgehead atoms. The zero-order valence-electron chi connectivity index (χ0n) is 7.81. The summed E-state index contributed by atoms with van der Waals surface area (Å²) in [6.45, 7) is 0. The van der Waals surface area contributed by atoms with Gasteiger partial charge in [0, 0.05) is 5.38 Å². The molecule has 0 spiro atoms. The Kier molecular flexibility index (Phi) is 3.83. The Hall–Kier alpha value is -1.87. The number of ether oxygens (including phenoxy) is 1. The number of carboxylic acid groups (broad SMARTS) is 1. The van der Waals surface area contributed by atoms with Crippen LogP contribution in [0.25, 0.3) is 0 Å². The molecule has 0 radical (unpaired) electrons. The maximum absolute atomic E-state index is 11.0. The van der Waals surface area contributed by atoms with Crippen molar-refractivity contribution in [2.45, 2.75) is 6.42 Å². The predicted molar refractivity (Wildman–Crippen MR) is 52.6 cm³/mol. The maximum atomic E-state index is 11.0. The molecule has 0 aliphatic heterocycles. The lowest BCUT2D eigenvalue weighted by atomic mass is 10.4. The topological polar surface area (TPSA) is 76.5 Å². The lowest BCUT2D eigenvalue weighted by Crippen LogP contribution is -2.01. The molecule has 0 amide bonds. The standard InChI is InChI=1S/C9H7NO4S/c1-14-9(13)6-5-15-7(10-6)3-2-4-8(11)12/h5H,4H2,1H3,(H,11,12). The van der Waals surface area contributed by atoms with Gasteiger partial charge < -0.3 is 9.84 Å². The van der Waals surface area contributed by atoms with Crippen molar-refractivity contribution in [1.82, 2.24) is 4.98 Å². The number of esters is 1. The lowest BCUT2D eigenvalue weighted by Gasteiger charge is -1.89. The van der Waals surface area contributed by atoms with Gasteiger partial charge in [0.25, 0.3) is 0 Å². The van der Waals surface area contributed by atoms with Gasteiger partial charge >= 0.3 is 11.9 Å². The highest BCUT2D eigenvalue weighted by atomic mass is 32.1. The van der Waals surface area contributed by atoms with Crippen LogP contribution >= 0.6 is 11.3 Å². The molecule has 5 nitrogen and oxygen atoms in total. The number of aliphatic carboxylic acids is 1. The number of nitrogens with zero attached hydrogens (tertiary/aromatic N) is 1. The van der Waals surface area contributed by atoms with Crippen molar-refractivity contribution in [3.63, 3.8) is 0 Å². The third-order valence-corrected chi connectivity index (χ3v) is 2.09. The summed E-state index contributed by atoms with van der Waals surface area (Å²) in [5.41, 5.74) is 0.183. The van der Waals surface area contributed by atoms with Crippen LogP contribution in [0.2, 0.25) is 0 Å². The molecule has 0 aromatic carbocycles. The molecule has 0 unspecified atom stereocenters. The van der Waals surface area contributed by atoms with Gasteiger partial charge in [0.05, 0.1) is 7.11 Å². The smallest absolute Gasteiger partial charge is 0.357 e. The Balaban J connectivity index is 2.71. The van der Waals surface area contributed by atoms with Crippen LogP contribution in [0.3, 0.4) is 0 Å². The van der Waals surface area contributed by atoms with Crippen LogP contribution in [0.15, 0.2) is 5.38 Å². The average molecular weight is 225 g/mol. The second kappa shape index (κ2) is 5.12. The van der Waals surface area contributed by atoms with E-state index in [9.17, 15) is 9.59 Å². The highest BCUT2D eigenvalue weighted by molar-refractivity contribution is 7.10. The minimum absolute atomic E-state index is 0.183. The number of hydrogen-bond acceptors (Lipinski definition) is 5. The summed E-state index contributed by atoms with van der Waals surface area (Å²) in [6, 6.07) is 0. The van der Waals surface area contributed by atoms with Crippen molar-refractivity contribution in [3.05, 3.63) is 16.1 Å². The van der Waals surface area contributed by atoms with Crippen LogP contribution in [0.4, 0.5) is 0 Å². The third kappa shape index (κ3) is 3.40. The number of carbonyl (C=O) groups is 2. The fourth-order valence-corrected chi connectivity index (χ4v) is 1.38. The molecule has 0 fully saturated rings. The fraction of sp³-hybridized carbons (Fsp3) is 0.222. The van der Waals surface area contributed by atoms with Crippen LogP contribution in [-0.4, -0.2) is 29.1 Å². The minimum atomic E-state index is -0.993. The molecule has 1 aromatic heterocycles. The van der Waals surface area contributed by atoms with Crippen molar-refractivity contribution in [1.29, 1.82) is 0 Å². The minimum Gasteiger partial charge on any atom is -0.481 e. The van der Waals surface area contributed by atoms with Gasteiger partial charge in [0.15, 0.2) is 10.7 Å². The van der Waals surface area contributed by atoms with Gasteiger partial charge in [-0.3, -0.25) is 4.79 Å². The molecule has 15 heavy (non-hydrogen) atoms. The average Bonchev–Trinajstić information content (AvgIpc) is 2.65. The van der Waals surface area contributed by atoms with Gasteiger partial charge in [-0.1, -0.05) is 5.92 Å². The number of hydrogen-bond donors (Lipinski definition) is 1. The van der Waals surface area contributed by atoms with Crippen LogP contribution < -0.4 is 0 Å². The summed E-state index contributed by atoms with van der Waals surface area (Å²) in [6.07, 6.45) is -0.243. The van der Waals surface area contributed by atoms with E-state index in [1.54, 1.807) is 0 Å². The molecular weight excluding hydrogens is 218 g/mol. The van der Waals surface area contributed by atoms with Gasteiger partial charge in [0.1, 0.15) is 6.42 Å². The first-order valence-corrected chi connectivity index (χ1v) is 4.76. The summed E-state index contributed by atoms with van der Waals surface area (Å²) < 4.78 is 4.46. The summed E-state index contributed by atoms with van der Waals surface area (Å²) in [5.74, 6) is 3.44. The molecule has 0 aliphatic rings. The van der Waals surface area contributed by atoms with Crippen LogP contribution in [0.5, 0.6) is 0 Å². The second-order valence-electron chi connectivity index (χ2n) is 2.40. The summed E-state index contributed by atoms with van der Waals surface area (Å²) in [5, 5.41) is 10.2. The Bertz CT molecular complexity index is 440. The summed E-state index contributed by atoms with van der Waals surface area (Å²) >= 11 is 1.17. The molecule has 0 saturated heterocycles. The highest BCUT2D eigenvalue weighted by Crippen LogP contribution is 2.09. The first-order chi connectivity index (χ1) is 7.13. The number of carbonyl (C=O) groups excluding carboxylic acids is 1. The van der Waals surface area contributed by atoms with E-state index in [1.807, 2.05) is 0 Å². The largest absolute Gasteiger partial charge is 0.481 e. The van der Waals surface area contributed by atoms with E-state index >= 15 is 0 Å². The molecule has 0 atom stereocenters. The first kappa shape index (κ1) is 11.2. The molecule has 0 aliphatic carbocycles. The van der Waals surface area contributed by atoms with Gasteiger partial charge in [-0.2, -0.15) is 0 Å².